The second-order valence-corrected chi connectivity index (χ2v) is 4.85. The van der Waals surface area contributed by atoms with Gasteiger partial charge in [0, 0.05) is 15.7 Å². The molecule has 0 atom stereocenters. The molecule has 5 heteroatoms. The van der Waals surface area contributed by atoms with Crippen molar-refractivity contribution in [1.82, 2.24) is 0 Å². The lowest BCUT2D eigenvalue weighted by Crippen LogP contribution is -2.11. The summed E-state index contributed by atoms with van der Waals surface area (Å²) < 4.78 is 13.5. The molecule has 18 heavy (non-hydrogen) atoms. The Kier molecular flexibility index (Phi) is 3.99. The van der Waals surface area contributed by atoms with E-state index in [9.17, 15) is 9.18 Å². The number of rotatable bonds is 2. The molecule has 0 unspecified atom stereocenters. The Morgan fingerprint density at radius 1 is 1.17 bits per heavy atom. The molecule has 92 valence electrons. The van der Waals surface area contributed by atoms with Crippen LogP contribution in [0.1, 0.15) is 10.4 Å². The van der Waals surface area contributed by atoms with Gasteiger partial charge in [0.1, 0.15) is 5.82 Å². The number of halogens is 3. The Labute approximate surface area is 117 Å². The highest BCUT2D eigenvalue weighted by Crippen LogP contribution is 2.25. The van der Waals surface area contributed by atoms with Gasteiger partial charge < -0.3 is 5.32 Å². The molecular weight excluding hydrogens is 321 g/mol. The van der Waals surface area contributed by atoms with Gasteiger partial charge in [0.15, 0.2) is 0 Å². The average molecular weight is 329 g/mol. The minimum Gasteiger partial charge on any atom is -0.322 e. The summed E-state index contributed by atoms with van der Waals surface area (Å²) >= 11 is 9.18. The van der Waals surface area contributed by atoms with Gasteiger partial charge in [-0.15, -0.1) is 0 Å². The molecule has 2 aromatic rings. The van der Waals surface area contributed by atoms with E-state index in [2.05, 4.69) is 21.2 Å². The van der Waals surface area contributed by atoms with Crippen molar-refractivity contribution in [1.29, 1.82) is 0 Å². The second kappa shape index (κ2) is 5.50. The topological polar surface area (TPSA) is 29.1 Å². The molecule has 1 N–H and O–H groups in total. The molecule has 0 radical (unpaired) electrons. The van der Waals surface area contributed by atoms with Crippen molar-refractivity contribution in [2.24, 2.45) is 0 Å². The fraction of sp³-hybridized carbons (Fsp3) is 0. The summed E-state index contributed by atoms with van der Waals surface area (Å²) in [4.78, 5) is 11.8. The van der Waals surface area contributed by atoms with Crippen LogP contribution in [0.15, 0.2) is 46.9 Å². The molecular formula is C13H8BrClFNO. The third-order valence-electron chi connectivity index (χ3n) is 2.28. The number of hydrogen-bond donors (Lipinski definition) is 1. The monoisotopic (exact) mass is 327 g/mol. The summed E-state index contributed by atoms with van der Waals surface area (Å²) in [5.41, 5.74) is 0.966. The highest BCUT2D eigenvalue weighted by molar-refractivity contribution is 9.10. The zero-order chi connectivity index (χ0) is 13.1. The van der Waals surface area contributed by atoms with Crippen LogP contribution in [-0.2, 0) is 0 Å². The van der Waals surface area contributed by atoms with Gasteiger partial charge in [-0.1, -0.05) is 11.6 Å². The van der Waals surface area contributed by atoms with E-state index >= 15 is 0 Å². The van der Waals surface area contributed by atoms with E-state index in [-0.39, 0.29) is 11.7 Å². The van der Waals surface area contributed by atoms with Crippen molar-refractivity contribution in [2.45, 2.75) is 0 Å². The van der Waals surface area contributed by atoms with E-state index in [1.165, 1.54) is 24.3 Å². The number of carbonyl (C=O) groups is 1. The highest BCUT2D eigenvalue weighted by atomic mass is 79.9. The predicted molar refractivity (Wildman–Crippen MR) is 73.5 cm³/mol. The first kappa shape index (κ1) is 13.1. The van der Waals surface area contributed by atoms with Gasteiger partial charge >= 0.3 is 0 Å². The molecule has 0 spiro atoms. The van der Waals surface area contributed by atoms with Crippen LogP contribution in [0.25, 0.3) is 0 Å². The lowest BCUT2D eigenvalue weighted by Gasteiger charge is -2.06. The third kappa shape index (κ3) is 3.09. The van der Waals surface area contributed by atoms with E-state index < -0.39 is 0 Å². The predicted octanol–water partition coefficient (Wildman–Crippen LogP) is 4.49. The normalized spacial score (nSPS) is 10.2. The minimum absolute atomic E-state index is 0.312. The smallest absolute Gasteiger partial charge is 0.255 e. The zero-order valence-electron chi connectivity index (χ0n) is 9.08. The van der Waals surface area contributed by atoms with Crippen LogP contribution in [0, 0.1) is 5.82 Å². The Balaban J connectivity index is 2.16. The lowest BCUT2D eigenvalue weighted by atomic mass is 10.2. The Bertz CT molecular complexity index is 586. The van der Waals surface area contributed by atoms with E-state index in [0.717, 1.165) is 4.47 Å². The van der Waals surface area contributed by atoms with Crippen LogP contribution in [0.3, 0.4) is 0 Å². The Hall–Kier alpha value is -1.39. The van der Waals surface area contributed by atoms with Crippen LogP contribution in [-0.4, -0.2) is 5.91 Å². The molecule has 0 heterocycles. The van der Waals surface area contributed by atoms with Crippen molar-refractivity contribution < 1.29 is 9.18 Å². The summed E-state index contributed by atoms with van der Waals surface area (Å²) in [7, 11) is 0. The van der Waals surface area contributed by atoms with Crippen molar-refractivity contribution in [3.8, 4) is 0 Å². The van der Waals surface area contributed by atoms with Crippen LogP contribution in [0.2, 0.25) is 5.02 Å². The highest BCUT2D eigenvalue weighted by Gasteiger charge is 2.07. The summed E-state index contributed by atoms with van der Waals surface area (Å²) in [6.45, 7) is 0. The molecule has 2 nitrogen and oxygen atoms in total. The molecule has 2 rings (SSSR count). The molecule has 0 aliphatic rings. The van der Waals surface area contributed by atoms with Crippen LogP contribution in [0.4, 0.5) is 10.1 Å². The quantitative estimate of drug-likeness (QED) is 0.864. The van der Waals surface area contributed by atoms with Gasteiger partial charge in [-0.3, -0.25) is 4.79 Å². The molecule has 0 aliphatic heterocycles. The van der Waals surface area contributed by atoms with Crippen molar-refractivity contribution in [3.63, 3.8) is 0 Å². The lowest BCUT2D eigenvalue weighted by molar-refractivity contribution is 0.102. The average Bonchev–Trinajstić information content (AvgIpc) is 2.34. The first-order valence-corrected chi connectivity index (χ1v) is 6.25. The van der Waals surface area contributed by atoms with E-state index in [0.29, 0.717) is 16.3 Å². The van der Waals surface area contributed by atoms with Gasteiger partial charge in [0.25, 0.3) is 5.91 Å². The summed E-state index contributed by atoms with van der Waals surface area (Å²) in [5, 5.41) is 3.19. The molecule has 2 aromatic carbocycles. The standard InChI is InChI=1S/C13H8BrClFNO/c14-11-6-5-10(7-12(11)15)17-13(18)8-1-3-9(16)4-2-8/h1-7H,(H,17,18). The second-order valence-electron chi connectivity index (χ2n) is 3.59. The summed E-state index contributed by atoms with van der Waals surface area (Å²) in [6, 6.07) is 10.4. The number of carbonyl (C=O) groups excluding carboxylic acids is 1. The first-order chi connectivity index (χ1) is 8.56. The molecule has 0 aromatic heterocycles. The summed E-state index contributed by atoms with van der Waals surface area (Å²) in [6.07, 6.45) is 0. The van der Waals surface area contributed by atoms with E-state index in [1.807, 2.05) is 0 Å². The molecule has 1 amide bonds. The van der Waals surface area contributed by atoms with Crippen LogP contribution < -0.4 is 5.32 Å². The maximum atomic E-state index is 12.7. The SMILES string of the molecule is O=C(Nc1ccc(Br)c(Cl)c1)c1ccc(F)cc1. The fourth-order valence-corrected chi connectivity index (χ4v) is 1.81. The van der Waals surface area contributed by atoms with Gasteiger partial charge in [0.05, 0.1) is 5.02 Å². The van der Waals surface area contributed by atoms with Gasteiger partial charge in [-0.25, -0.2) is 4.39 Å². The van der Waals surface area contributed by atoms with Crippen molar-refractivity contribution >= 4 is 39.1 Å². The Morgan fingerprint density at radius 2 is 1.83 bits per heavy atom. The number of hydrogen-bond acceptors (Lipinski definition) is 1. The van der Waals surface area contributed by atoms with Gasteiger partial charge in [-0.2, -0.15) is 0 Å². The molecule has 0 aliphatic carbocycles. The van der Waals surface area contributed by atoms with Gasteiger partial charge in [-0.05, 0) is 58.4 Å². The number of anilines is 1. The van der Waals surface area contributed by atoms with E-state index in [1.54, 1.807) is 18.2 Å². The van der Waals surface area contributed by atoms with Crippen LogP contribution >= 0.6 is 27.5 Å². The molecule has 0 saturated carbocycles. The fourth-order valence-electron chi connectivity index (χ4n) is 1.38. The molecule has 0 saturated heterocycles. The Morgan fingerprint density at radius 3 is 2.44 bits per heavy atom. The largest absolute Gasteiger partial charge is 0.322 e. The van der Waals surface area contributed by atoms with Crippen LogP contribution in [0.5, 0.6) is 0 Å². The van der Waals surface area contributed by atoms with Crippen molar-refractivity contribution in [2.75, 3.05) is 5.32 Å². The number of nitrogens with one attached hydrogen (secondary N) is 1. The molecule has 0 fully saturated rings. The summed E-state index contributed by atoms with van der Waals surface area (Å²) in [5.74, 6) is -0.688. The molecule has 0 bridgehead atoms. The minimum atomic E-state index is -0.377. The van der Waals surface area contributed by atoms with E-state index in [4.69, 9.17) is 11.6 Å². The number of amides is 1. The van der Waals surface area contributed by atoms with Gasteiger partial charge in [0.2, 0.25) is 0 Å². The number of benzene rings is 2. The zero-order valence-corrected chi connectivity index (χ0v) is 11.4. The maximum Gasteiger partial charge on any atom is 0.255 e. The maximum absolute atomic E-state index is 12.7. The third-order valence-corrected chi connectivity index (χ3v) is 3.52. The van der Waals surface area contributed by atoms with Crippen molar-refractivity contribution in [3.05, 3.63) is 63.3 Å². The first-order valence-electron chi connectivity index (χ1n) is 5.08.